The molecular weight excluding hydrogens is 99.0 g/mol. The predicted octanol–water partition coefficient (Wildman–Crippen LogP) is -0.0290. The van der Waals surface area contributed by atoms with Gasteiger partial charge in [0.1, 0.15) is 0 Å². The number of epoxide rings is 1. The third-order valence-electron chi connectivity index (χ3n) is 0.721. The SMILES string of the molecule is OPCC1CO1. The molecule has 6 heavy (non-hydrogen) atoms. The van der Waals surface area contributed by atoms with Crippen molar-refractivity contribution in [1.82, 2.24) is 0 Å². The summed E-state index contributed by atoms with van der Waals surface area (Å²) in [5.74, 6) is 0. The Morgan fingerprint density at radius 1 is 2.00 bits per heavy atom. The normalized spacial score (nSPS) is 32.5. The zero-order valence-electron chi connectivity index (χ0n) is 3.35. The van der Waals surface area contributed by atoms with E-state index in [-0.39, 0.29) is 8.81 Å². The van der Waals surface area contributed by atoms with Crippen LogP contribution in [0.1, 0.15) is 0 Å². The van der Waals surface area contributed by atoms with Crippen molar-refractivity contribution in [3.63, 3.8) is 0 Å². The topological polar surface area (TPSA) is 32.8 Å². The molecule has 2 atom stereocenters. The van der Waals surface area contributed by atoms with Gasteiger partial charge in [-0.1, -0.05) is 0 Å². The molecule has 1 aliphatic rings. The fraction of sp³-hybridized carbons (Fsp3) is 1.00. The van der Waals surface area contributed by atoms with E-state index in [0.717, 1.165) is 12.8 Å². The maximum absolute atomic E-state index is 8.22. The van der Waals surface area contributed by atoms with E-state index in [1.54, 1.807) is 0 Å². The van der Waals surface area contributed by atoms with Gasteiger partial charge in [-0.05, 0) is 0 Å². The Kier molecular flexibility index (Phi) is 1.41. The molecule has 2 unspecified atom stereocenters. The molecule has 3 heteroatoms. The van der Waals surface area contributed by atoms with Crippen LogP contribution in [0.2, 0.25) is 0 Å². The van der Waals surface area contributed by atoms with Gasteiger partial charge in [-0.15, -0.1) is 0 Å². The molecule has 1 fully saturated rings. The molecule has 1 rings (SSSR count). The first-order chi connectivity index (χ1) is 2.93. The molecule has 0 spiro atoms. The van der Waals surface area contributed by atoms with Gasteiger partial charge >= 0.3 is 0 Å². The first kappa shape index (κ1) is 4.51. The lowest BCUT2D eigenvalue weighted by molar-refractivity contribution is 0.423. The molecule has 1 N–H and O–H groups in total. The second kappa shape index (κ2) is 1.87. The second-order valence-electron chi connectivity index (χ2n) is 1.32. The molecule has 1 aliphatic heterocycles. The molecule has 0 bridgehead atoms. The highest BCUT2D eigenvalue weighted by Crippen LogP contribution is 2.16. The molecule has 0 aromatic rings. The van der Waals surface area contributed by atoms with Crippen LogP contribution in [0.4, 0.5) is 0 Å². The van der Waals surface area contributed by atoms with Gasteiger partial charge in [-0.25, -0.2) is 0 Å². The van der Waals surface area contributed by atoms with Crippen molar-refractivity contribution < 1.29 is 9.63 Å². The lowest BCUT2D eigenvalue weighted by Gasteiger charge is -1.79. The number of rotatable bonds is 2. The minimum absolute atomic E-state index is 0.0756. The van der Waals surface area contributed by atoms with E-state index in [1.807, 2.05) is 0 Å². The zero-order chi connectivity index (χ0) is 4.41. The number of hydrogen-bond acceptors (Lipinski definition) is 2. The molecule has 0 saturated carbocycles. The second-order valence-corrected chi connectivity index (χ2v) is 2.04. The predicted molar refractivity (Wildman–Crippen MR) is 25.1 cm³/mol. The highest BCUT2D eigenvalue weighted by Gasteiger charge is 2.20. The molecule has 0 aromatic heterocycles. The monoisotopic (exact) mass is 106 g/mol. The first-order valence-corrected chi connectivity index (χ1v) is 3.07. The molecule has 36 valence electrons. The van der Waals surface area contributed by atoms with E-state index in [4.69, 9.17) is 9.63 Å². The van der Waals surface area contributed by atoms with E-state index >= 15 is 0 Å². The van der Waals surface area contributed by atoms with Crippen molar-refractivity contribution in [3.8, 4) is 0 Å². The van der Waals surface area contributed by atoms with Crippen LogP contribution in [0.3, 0.4) is 0 Å². The van der Waals surface area contributed by atoms with Gasteiger partial charge in [-0.2, -0.15) is 0 Å². The standard InChI is InChI=1S/C3H7O2P/c4-6-2-3-1-5-3/h3-4,6H,1-2H2. The Hall–Kier alpha value is 0.350. The van der Waals surface area contributed by atoms with Gasteiger partial charge in [0.05, 0.1) is 12.7 Å². The molecular formula is C3H7O2P. The Labute approximate surface area is 38.4 Å². The van der Waals surface area contributed by atoms with Crippen molar-refractivity contribution in [3.05, 3.63) is 0 Å². The summed E-state index contributed by atoms with van der Waals surface area (Å²) in [7, 11) is 0.0756. The van der Waals surface area contributed by atoms with Gasteiger partial charge in [0.2, 0.25) is 0 Å². The highest BCUT2D eigenvalue weighted by molar-refractivity contribution is 7.31. The Balaban J connectivity index is 1.88. The van der Waals surface area contributed by atoms with E-state index in [1.165, 1.54) is 0 Å². The molecule has 0 aromatic carbocycles. The number of hydrogen-bond donors (Lipinski definition) is 1. The van der Waals surface area contributed by atoms with Gasteiger partial charge < -0.3 is 9.63 Å². The van der Waals surface area contributed by atoms with Crippen LogP contribution >= 0.6 is 8.81 Å². The Morgan fingerprint density at radius 2 is 2.67 bits per heavy atom. The third-order valence-corrected chi connectivity index (χ3v) is 1.36. The van der Waals surface area contributed by atoms with Crippen molar-refractivity contribution >= 4 is 8.81 Å². The smallest absolute Gasteiger partial charge is 0.0867 e. The van der Waals surface area contributed by atoms with Gasteiger partial charge in [-0.3, -0.25) is 0 Å². The summed E-state index contributed by atoms with van der Waals surface area (Å²) < 4.78 is 4.80. The Morgan fingerprint density at radius 3 is 2.83 bits per heavy atom. The summed E-state index contributed by atoms with van der Waals surface area (Å²) in [4.78, 5) is 8.22. The molecule has 2 nitrogen and oxygen atoms in total. The minimum Gasteiger partial charge on any atom is -0.377 e. The highest BCUT2D eigenvalue weighted by atomic mass is 31.1. The van der Waals surface area contributed by atoms with Crippen LogP contribution in [-0.4, -0.2) is 23.8 Å². The van der Waals surface area contributed by atoms with Crippen molar-refractivity contribution in [2.75, 3.05) is 12.8 Å². The van der Waals surface area contributed by atoms with Crippen LogP contribution in [0.5, 0.6) is 0 Å². The summed E-state index contributed by atoms with van der Waals surface area (Å²) in [5.41, 5.74) is 0. The van der Waals surface area contributed by atoms with Crippen molar-refractivity contribution in [2.24, 2.45) is 0 Å². The molecule has 1 heterocycles. The van der Waals surface area contributed by atoms with Crippen molar-refractivity contribution in [2.45, 2.75) is 6.10 Å². The van der Waals surface area contributed by atoms with Crippen LogP contribution in [0.25, 0.3) is 0 Å². The lowest BCUT2D eigenvalue weighted by Crippen LogP contribution is -1.83. The average Bonchev–Trinajstić information content (AvgIpc) is 2.21. The van der Waals surface area contributed by atoms with Crippen LogP contribution in [-0.2, 0) is 4.74 Å². The summed E-state index contributed by atoms with van der Waals surface area (Å²) >= 11 is 0. The van der Waals surface area contributed by atoms with E-state index in [0.29, 0.717) is 6.10 Å². The average molecular weight is 106 g/mol. The van der Waals surface area contributed by atoms with Gasteiger partial charge in [0.25, 0.3) is 0 Å². The maximum Gasteiger partial charge on any atom is 0.0867 e. The number of ether oxygens (including phenoxy) is 1. The minimum atomic E-state index is 0.0756. The fourth-order valence-corrected chi connectivity index (χ4v) is 0.727. The van der Waals surface area contributed by atoms with Crippen LogP contribution < -0.4 is 0 Å². The van der Waals surface area contributed by atoms with E-state index in [9.17, 15) is 0 Å². The quantitative estimate of drug-likeness (QED) is 0.396. The van der Waals surface area contributed by atoms with Gasteiger partial charge in [0.15, 0.2) is 0 Å². The van der Waals surface area contributed by atoms with E-state index < -0.39 is 0 Å². The van der Waals surface area contributed by atoms with Crippen LogP contribution in [0, 0.1) is 0 Å². The van der Waals surface area contributed by atoms with E-state index in [2.05, 4.69) is 0 Å². The summed E-state index contributed by atoms with van der Waals surface area (Å²) in [5, 5.41) is 0. The van der Waals surface area contributed by atoms with Crippen LogP contribution in [0.15, 0.2) is 0 Å². The first-order valence-electron chi connectivity index (χ1n) is 1.92. The summed E-state index contributed by atoms with van der Waals surface area (Å²) in [6, 6.07) is 0. The third kappa shape index (κ3) is 1.21. The summed E-state index contributed by atoms with van der Waals surface area (Å²) in [6.45, 7) is 0.869. The molecule has 0 aliphatic carbocycles. The Bertz CT molecular complexity index is 44.1. The molecule has 0 radical (unpaired) electrons. The zero-order valence-corrected chi connectivity index (χ0v) is 4.35. The largest absolute Gasteiger partial charge is 0.377 e. The molecule has 1 saturated heterocycles. The fourth-order valence-electron chi connectivity index (χ4n) is 0.288. The van der Waals surface area contributed by atoms with Gasteiger partial charge in [0, 0.05) is 15.0 Å². The van der Waals surface area contributed by atoms with Crippen molar-refractivity contribution in [1.29, 1.82) is 0 Å². The molecule has 0 amide bonds. The summed E-state index contributed by atoms with van der Waals surface area (Å²) in [6.07, 6.45) is 1.26. The lowest BCUT2D eigenvalue weighted by atomic mass is 10.6. The maximum atomic E-state index is 8.22.